The molecule has 2 aromatic rings. The lowest BCUT2D eigenvalue weighted by atomic mass is 10.3. The third-order valence-corrected chi connectivity index (χ3v) is 4.08. The highest BCUT2D eigenvalue weighted by Gasteiger charge is 2.08. The van der Waals surface area contributed by atoms with E-state index < -0.39 is 9.84 Å². The van der Waals surface area contributed by atoms with E-state index in [0.717, 1.165) is 19.4 Å². The number of hydrogen-bond acceptors (Lipinski definition) is 6. The quantitative estimate of drug-likeness (QED) is 0.769. The van der Waals surface area contributed by atoms with E-state index in [1.807, 2.05) is 0 Å². The summed E-state index contributed by atoms with van der Waals surface area (Å²) in [6, 6.07) is 6.28. The number of aromatic nitrogens is 4. The molecule has 0 spiro atoms. The van der Waals surface area contributed by atoms with Crippen LogP contribution in [0.3, 0.4) is 0 Å². The highest BCUT2D eigenvalue weighted by atomic mass is 32.2. The van der Waals surface area contributed by atoms with Gasteiger partial charge in [0.05, 0.1) is 4.90 Å². The molecule has 0 saturated carbocycles. The van der Waals surface area contributed by atoms with Crippen molar-refractivity contribution in [2.24, 2.45) is 0 Å². The molecule has 0 fully saturated rings. The van der Waals surface area contributed by atoms with Crippen LogP contribution < -0.4 is 4.74 Å². The Balaban J connectivity index is 1.99. The van der Waals surface area contributed by atoms with Gasteiger partial charge in [-0.1, -0.05) is 13.3 Å². The summed E-state index contributed by atoms with van der Waals surface area (Å²) in [5.74, 6) is 1.23. The third-order valence-electron chi connectivity index (χ3n) is 2.95. The molecular weight excluding hydrogens is 292 g/mol. The number of rotatable bonds is 7. The fourth-order valence-corrected chi connectivity index (χ4v) is 2.37. The molecule has 1 aromatic heterocycles. The molecule has 8 heteroatoms. The predicted molar refractivity (Wildman–Crippen MR) is 76.6 cm³/mol. The molecule has 114 valence electrons. The van der Waals surface area contributed by atoms with Crippen LogP contribution in [0.1, 0.15) is 25.6 Å². The van der Waals surface area contributed by atoms with Gasteiger partial charge in [-0.05, 0) is 41.1 Å². The molecule has 0 saturated heterocycles. The maximum Gasteiger partial charge on any atom is 0.189 e. The molecule has 0 aliphatic rings. The second kappa shape index (κ2) is 6.66. The molecule has 0 amide bonds. The van der Waals surface area contributed by atoms with Crippen molar-refractivity contribution < 1.29 is 13.2 Å². The summed E-state index contributed by atoms with van der Waals surface area (Å²) in [6.45, 7) is 3.11. The first-order chi connectivity index (χ1) is 10.0. The Morgan fingerprint density at radius 3 is 2.57 bits per heavy atom. The van der Waals surface area contributed by atoms with Crippen molar-refractivity contribution in [1.82, 2.24) is 20.2 Å². The van der Waals surface area contributed by atoms with E-state index in [0.29, 0.717) is 11.6 Å². The Bertz CT molecular complexity index is 680. The highest BCUT2D eigenvalue weighted by Crippen LogP contribution is 2.16. The monoisotopic (exact) mass is 310 g/mol. The zero-order valence-electron chi connectivity index (χ0n) is 12.1. The van der Waals surface area contributed by atoms with Crippen LogP contribution in [0.15, 0.2) is 29.2 Å². The molecule has 21 heavy (non-hydrogen) atoms. The lowest BCUT2D eigenvalue weighted by molar-refractivity contribution is 0.285. The van der Waals surface area contributed by atoms with Crippen molar-refractivity contribution >= 4 is 9.84 Å². The van der Waals surface area contributed by atoms with Crippen molar-refractivity contribution in [1.29, 1.82) is 0 Å². The lowest BCUT2D eigenvalue weighted by Gasteiger charge is -2.07. The minimum Gasteiger partial charge on any atom is -0.486 e. The summed E-state index contributed by atoms with van der Waals surface area (Å²) in [4.78, 5) is 0.266. The molecule has 0 aliphatic carbocycles. The number of tetrazole rings is 1. The minimum absolute atomic E-state index is 0.245. The zero-order valence-corrected chi connectivity index (χ0v) is 12.9. The zero-order chi connectivity index (χ0) is 15.3. The van der Waals surface area contributed by atoms with Gasteiger partial charge < -0.3 is 4.74 Å². The summed E-state index contributed by atoms with van der Waals surface area (Å²) >= 11 is 0. The largest absolute Gasteiger partial charge is 0.486 e. The molecule has 0 N–H and O–H groups in total. The summed E-state index contributed by atoms with van der Waals surface area (Å²) in [5.41, 5.74) is 0. The Labute approximate surface area is 123 Å². The fraction of sp³-hybridized carbons (Fsp3) is 0.462. The molecule has 0 unspecified atom stereocenters. The molecule has 1 aromatic carbocycles. The Morgan fingerprint density at radius 2 is 1.95 bits per heavy atom. The highest BCUT2D eigenvalue weighted by molar-refractivity contribution is 7.90. The summed E-state index contributed by atoms with van der Waals surface area (Å²) < 4.78 is 30.0. The van der Waals surface area contributed by atoms with Gasteiger partial charge in [0.15, 0.2) is 15.7 Å². The minimum atomic E-state index is -3.19. The second-order valence-corrected chi connectivity index (χ2v) is 6.72. The number of aryl methyl sites for hydroxylation is 1. The molecule has 0 radical (unpaired) electrons. The molecule has 0 bridgehead atoms. The lowest BCUT2D eigenvalue weighted by Crippen LogP contribution is -2.09. The van der Waals surface area contributed by atoms with Gasteiger partial charge in [-0.2, -0.15) is 0 Å². The van der Waals surface area contributed by atoms with E-state index >= 15 is 0 Å². The standard InChI is InChI=1S/C13H18N4O3S/c1-3-4-9-17-13(14-15-16-17)10-20-11-5-7-12(8-6-11)21(2,18)19/h5-8H,3-4,9-10H2,1-2H3. The Morgan fingerprint density at radius 1 is 1.24 bits per heavy atom. The number of nitrogens with zero attached hydrogens (tertiary/aromatic N) is 4. The number of benzene rings is 1. The van der Waals surface area contributed by atoms with Crippen LogP contribution in [-0.2, 0) is 23.0 Å². The van der Waals surface area contributed by atoms with Crippen LogP contribution in [0.2, 0.25) is 0 Å². The van der Waals surface area contributed by atoms with Crippen molar-refractivity contribution in [3.8, 4) is 5.75 Å². The molecule has 2 rings (SSSR count). The smallest absolute Gasteiger partial charge is 0.189 e. The fourth-order valence-electron chi connectivity index (χ4n) is 1.74. The van der Waals surface area contributed by atoms with Crippen LogP contribution in [0, 0.1) is 0 Å². The topological polar surface area (TPSA) is 87.0 Å². The molecule has 0 atom stereocenters. The van der Waals surface area contributed by atoms with Crippen molar-refractivity contribution in [2.75, 3.05) is 6.26 Å². The van der Waals surface area contributed by atoms with E-state index in [1.54, 1.807) is 16.8 Å². The van der Waals surface area contributed by atoms with Crippen molar-refractivity contribution in [3.63, 3.8) is 0 Å². The van der Waals surface area contributed by atoms with Crippen molar-refractivity contribution in [3.05, 3.63) is 30.1 Å². The number of unbranched alkanes of at least 4 members (excludes halogenated alkanes) is 1. The van der Waals surface area contributed by atoms with E-state index in [2.05, 4.69) is 22.4 Å². The molecule has 1 heterocycles. The normalized spacial score (nSPS) is 11.5. The van der Waals surface area contributed by atoms with Crippen LogP contribution in [0.4, 0.5) is 0 Å². The first-order valence-electron chi connectivity index (χ1n) is 6.68. The predicted octanol–water partition coefficient (Wildman–Crippen LogP) is 1.46. The SMILES string of the molecule is CCCCn1nnnc1COc1ccc(S(C)(=O)=O)cc1. The van der Waals surface area contributed by atoms with E-state index in [4.69, 9.17) is 4.74 Å². The average molecular weight is 310 g/mol. The van der Waals surface area contributed by atoms with Gasteiger partial charge in [-0.15, -0.1) is 5.10 Å². The summed E-state index contributed by atoms with van der Waals surface area (Å²) in [5, 5.41) is 11.5. The van der Waals surface area contributed by atoms with Crippen LogP contribution in [0.5, 0.6) is 5.75 Å². The second-order valence-electron chi connectivity index (χ2n) is 4.70. The number of ether oxygens (including phenoxy) is 1. The summed E-state index contributed by atoms with van der Waals surface area (Å²) in [7, 11) is -3.19. The first kappa shape index (κ1) is 15.4. The van der Waals surface area contributed by atoms with Gasteiger partial charge in [0.2, 0.25) is 0 Å². The van der Waals surface area contributed by atoms with E-state index in [1.165, 1.54) is 18.4 Å². The Kier molecular flexibility index (Phi) is 4.89. The molecular formula is C13H18N4O3S. The van der Waals surface area contributed by atoms with Gasteiger partial charge in [-0.3, -0.25) is 0 Å². The van der Waals surface area contributed by atoms with Crippen LogP contribution in [-0.4, -0.2) is 34.9 Å². The van der Waals surface area contributed by atoms with Gasteiger partial charge in [-0.25, -0.2) is 13.1 Å². The van der Waals surface area contributed by atoms with E-state index in [9.17, 15) is 8.42 Å². The first-order valence-corrected chi connectivity index (χ1v) is 8.58. The summed E-state index contributed by atoms with van der Waals surface area (Å²) in [6.07, 6.45) is 3.24. The average Bonchev–Trinajstić information content (AvgIpc) is 2.90. The van der Waals surface area contributed by atoms with E-state index in [-0.39, 0.29) is 11.5 Å². The maximum atomic E-state index is 11.4. The third kappa shape index (κ3) is 4.25. The molecule has 0 aliphatic heterocycles. The van der Waals surface area contributed by atoms with Crippen LogP contribution in [0.25, 0.3) is 0 Å². The maximum absolute atomic E-state index is 11.4. The molecule has 7 nitrogen and oxygen atoms in total. The van der Waals surface area contributed by atoms with Gasteiger partial charge in [0.25, 0.3) is 0 Å². The number of hydrogen-bond donors (Lipinski definition) is 0. The van der Waals surface area contributed by atoms with Crippen molar-refractivity contribution in [2.45, 2.75) is 37.8 Å². The number of sulfone groups is 1. The Hall–Kier alpha value is -1.96. The van der Waals surface area contributed by atoms with Gasteiger partial charge in [0.1, 0.15) is 12.4 Å². The van der Waals surface area contributed by atoms with Gasteiger partial charge >= 0.3 is 0 Å². The van der Waals surface area contributed by atoms with Gasteiger partial charge in [0, 0.05) is 12.8 Å². The van der Waals surface area contributed by atoms with Crippen LogP contribution >= 0.6 is 0 Å².